The minimum absolute atomic E-state index is 0.286. The van der Waals surface area contributed by atoms with Crippen LogP contribution in [0.1, 0.15) is 29.5 Å². The molecule has 0 atom stereocenters. The van der Waals surface area contributed by atoms with Crippen LogP contribution in [0.4, 0.5) is 8.78 Å². The van der Waals surface area contributed by atoms with Gasteiger partial charge in [0.1, 0.15) is 11.6 Å². The second-order valence-electron chi connectivity index (χ2n) is 5.90. The van der Waals surface area contributed by atoms with Crippen molar-refractivity contribution in [1.82, 2.24) is 5.32 Å². The van der Waals surface area contributed by atoms with E-state index in [2.05, 4.69) is 5.32 Å². The molecule has 1 N–H and O–H groups in total. The van der Waals surface area contributed by atoms with E-state index < -0.39 is 0 Å². The molecule has 0 bridgehead atoms. The van der Waals surface area contributed by atoms with Crippen LogP contribution in [0.5, 0.6) is 0 Å². The summed E-state index contributed by atoms with van der Waals surface area (Å²) in [7, 11) is 0. The summed E-state index contributed by atoms with van der Waals surface area (Å²) in [6.07, 6.45) is 2.38. The highest BCUT2D eigenvalue weighted by Crippen LogP contribution is 2.32. The van der Waals surface area contributed by atoms with Gasteiger partial charge in [0.2, 0.25) is 0 Å². The van der Waals surface area contributed by atoms with Crippen molar-refractivity contribution < 1.29 is 8.78 Å². The maximum atomic E-state index is 14.4. The van der Waals surface area contributed by atoms with Crippen LogP contribution in [0.25, 0.3) is 11.1 Å². The van der Waals surface area contributed by atoms with Crippen LogP contribution in [0.15, 0.2) is 30.3 Å². The van der Waals surface area contributed by atoms with Crippen molar-refractivity contribution in [3.63, 3.8) is 0 Å². The smallest absolute Gasteiger partial charge is 0.131 e. The zero-order chi connectivity index (χ0) is 15.0. The van der Waals surface area contributed by atoms with E-state index in [0.717, 1.165) is 16.7 Å². The molecule has 0 radical (unpaired) electrons. The molecule has 1 fully saturated rings. The van der Waals surface area contributed by atoms with Gasteiger partial charge >= 0.3 is 0 Å². The van der Waals surface area contributed by atoms with E-state index in [9.17, 15) is 8.78 Å². The standard InChI is InChI=1S/C18H19F2N/c1-11-7-12(2)18(17(20)8-11)16-9-14(19)4-3-13(16)10-21-15-5-6-15/h3-4,7-9,15,21H,5-6,10H2,1-2H3. The Labute approximate surface area is 124 Å². The summed E-state index contributed by atoms with van der Waals surface area (Å²) in [5.74, 6) is -0.620. The number of aryl methyl sites for hydroxylation is 2. The summed E-state index contributed by atoms with van der Waals surface area (Å²) in [6.45, 7) is 4.38. The normalized spacial score (nSPS) is 14.5. The third-order valence-corrected chi connectivity index (χ3v) is 3.93. The van der Waals surface area contributed by atoms with Crippen molar-refractivity contribution in [1.29, 1.82) is 0 Å². The molecule has 1 nitrogen and oxygen atoms in total. The summed E-state index contributed by atoms with van der Waals surface area (Å²) in [6, 6.07) is 8.62. The SMILES string of the molecule is Cc1cc(C)c(-c2cc(F)ccc2CNC2CC2)c(F)c1. The number of halogens is 2. The molecule has 21 heavy (non-hydrogen) atoms. The predicted octanol–water partition coefficient (Wildman–Crippen LogP) is 4.50. The maximum Gasteiger partial charge on any atom is 0.131 e. The zero-order valence-electron chi connectivity index (χ0n) is 12.3. The van der Waals surface area contributed by atoms with Crippen molar-refractivity contribution in [2.24, 2.45) is 0 Å². The maximum absolute atomic E-state index is 14.4. The summed E-state index contributed by atoms with van der Waals surface area (Å²) in [4.78, 5) is 0. The molecule has 2 aromatic carbocycles. The van der Waals surface area contributed by atoms with Crippen molar-refractivity contribution in [3.8, 4) is 11.1 Å². The molecule has 110 valence electrons. The Kier molecular flexibility index (Phi) is 3.77. The molecule has 0 saturated heterocycles. The third kappa shape index (κ3) is 3.13. The van der Waals surface area contributed by atoms with Crippen LogP contribution in [0, 0.1) is 25.5 Å². The molecule has 1 saturated carbocycles. The van der Waals surface area contributed by atoms with E-state index >= 15 is 0 Å². The molecule has 0 spiro atoms. The van der Waals surface area contributed by atoms with Gasteiger partial charge in [-0.05, 0) is 67.1 Å². The van der Waals surface area contributed by atoms with Crippen molar-refractivity contribution in [2.75, 3.05) is 0 Å². The van der Waals surface area contributed by atoms with Crippen LogP contribution in [0.2, 0.25) is 0 Å². The number of nitrogens with one attached hydrogen (secondary N) is 1. The van der Waals surface area contributed by atoms with Crippen LogP contribution >= 0.6 is 0 Å². The van der Waals surface area contributed by atoms with E-state index in [-0.39, 0.29) is 11.6 Å². The van der Waals surface area contributed by atoms with E-state index in [1.54, 1.807) is 6.07 Å². The molecule has 0 aliphatic heterocycles. The number of benzene rings is 2. The first-order valence-corrected chi connectivity index (χ1v) is 7.33. The largest absolute Gasteiger partial charge is 0.310 e. The molecule has 1 aliphatic rings. The molecule has 0 amide bonds. The van der Waals surface area contributed by atoms with Gasteiger partial charge in [-0.25, -0.2) is 8.78 Å². The Balaban J connectivity index is 2.05. The Morgan fingerprint density at radius 2 is 1.86 bits per heavy atom. The van der Waals surface area contributed by atoms with Gasteiger partial charge < -0.3 is 5.32 Å². The summed E-state index contributed by atoms with van der Waals surface area (Å²) < 4.78 is 28.0. The average Bonchev–Trinajstić information content (AvgIpc) is 3.20. The highest BCUT2D eigenvalue weighted by atomic mass is 19.1. The van der Waals surface area contributed by atoms with Gasteiger partial charge in [0.05, 0.1) is 0 Å². The number of hydrogen-bond acceptors (Lipinski definition) is 1. The lowest BCUT2D eigenvalue weighted by atomic mass is 9.94. The molecule has 0 unspecified atom stereocenters. The van der Waals surface area contributed by atoms with E-state index in [1.165, 1.54) is 31.0 Å². The monoisotopic (exact) mass is 287 g/mol. The van der Waals surface area contributed by atoms with Crippen LogP contribution in [-0.2, 0) is 6.54 Å². The Bertz CT molecular complexity index is 652. The first-order valence-electron chi connectivity index (χ1n) is 7.33. The topological polar surface area (TPSA) is 12.0 Å². The van der Waals surface area contributed by atoms with Crippen LogP contribution in [0.3, 0.4) is 0 Å². The fourth-order valence-electron chi connectivity index (χ4n) is 2.73. The van der Waals surface area contributed by atoms with Crippen molar-refractivity contribution in [2.45, 2.75) is 39.3 Å². The summed E-state index contributed by atoms with van der Waals surface area (Å²) in [5, 5.41) is 3.41. The van der Waals surface area contributed by atoms with Gasteiger partial charge in [-0.15, -0.1) is 0 Å². The molecule has 3 heteroatoms. The average molecular weight is 287 g/mol. The Morgan fingerprint density at radius 3 is 2.52 bits per heavy atom. The summed E-state index contributed by atoms with van der Waals surface area (Å²) >= 11 is 0. The van der Waals surface area contributed by atoms with Crippen LogP contribution in [-0.4, -0.2) is 6.04 Å². The lowest BCUT2D eigenvalue weighted by molar-refractivity contribution is 0.620. The minimum Gasteiger partial charge on any atom is -0.310 e. The zero-order valence-corrected chi connectivity index (χ0v) is 12.3. The number of rotatable bonds is 4. The molecule has 1 aliphatic carbocycles. The lowest BCUT2D eigenvalue weighted by Crippen LogP contribution is -2.16. The van der Waals surface area contributed by atoms with Gasteiger partial charge in [-0.3, -0.25) is 0 Å². The van der Waals surface area contributed by atoms with Gasteiger partial charge in [0.15, 0.2) is 0 Å². The van der Waals surface area contributed by atoms with Crippen molar-refractivity contribution in [3.05, 3.63) is 58.7 Å². The third-order valence-electron chi connectivity index (χ3n) is 3.93. The van der Waals surface area contributed by atoms with E-state index in [0.29, 0.717) is 23.7 Å². The molecule has 3 rings (SSSR count). The van der Waals surface area contributed by atoms with Gasteiger partial charge in [-0.1, -0.05) is 12.1 Å². The quantitative estimate of drug-likeness (QED) is 0.873. The number of hydrogen-bond donors (Lipinski definition) is 1. The Morgan fingerprint density at radius 1 is 1.10 bits per heavy atom. The molecular weight excluding hydrogens is 268 g/mol. The molecule has 0 heterocycles. The van der Waals surface area contributed by atoms with Gasteiger partial charge in [-0.2, -0.15) is 0 Å². The molecule has 0 aromatic heterocycles. The second kappa shape index (κ2) is 5.57. The second-order valence-corrected chi connectivity index (χ2v) is 5.90. The van der Waals surface area contributed by atoms with E-state index in [4.69, 9.17) is 0 Å². The summed E-state index contributed by atoms with van der Waals surface area (Å²) in [5.41, 5.74) is 3.81. The fourth-order valence-corrected chi connectivity index (χ4v) is 2.73. The molecule has 2 aromatic rings. The first kappa shape index (κ1) is 14.2. The first-order chi connectivity index (χ1) is 10.0. The van der Waals surface area contributed by atoms with Gasteiger partial charge in [0, 0.05) is 18.2 Å². The lowest BCUT2D eigenvalue weighted by Gasteiger charge is -2.14. The van der Waals surface area contributed by atoms with Crippen LogP contribution < -0.4 is 5.32 Å². The minimum atomic E-state index is -0.334. The highest BCUT2D eigenvalue weighted by Gasteiger charge is 2.21. The highest BCUT2D eigenvalue weighted by molar-refractivity contribution is 5.71. The van der Waals surface area contributed by atoms with Gasteiger partial charge in [0.25, 0.3) is 0 Å². The molecular formula is C18H19F2N. The fraction of sp³-hybridized carbons (Fsp3) is 0.333. The van der Waals surface area contributed by atoms with Crippen molar-refractivity contribution >= 4 is 0 Å². The Hall–Kier alpha value is -1.74. The van der Waals surface area contributed by atoms with E-state index in [1.807, 2.05) is 19.9 Å². The predicted molar refractivity (Wildman–Crippen MR) is 81.1 cm³/mol.